The second-order valence-corrected chi connectivity index (χ2v) is 9.46. The summed E-state index contributed by atoms with van der Waals surface area (Å²) in [5.41, 5.74) is 0. The van der Waals surface area contributed by atoms with Gasteiger partial charge in [-0.3, -0.25) is 0 Å². The zero-order valence-corrected chi connectivity index (χ0v) is 17.3. The lowest BCUT2D eigenvalue weighted by Gasteiger charge is -2.41. The molecule has 0 aromatic rings. The van der Waals surface area contributed by atoms with E-state index in [9.17, 15) is 74.3 Å². The summed E-state index contributed by atoms with van der Waals surface area (Å²) in [7, 11) is -2.69. The Morgan fingerprint density at radius 1 is 0.606 bits per heavy atom. The van der Waals surface area contributed by atoms with Crippen LogP contribution in [0.2, 0.25) is 0 Å². The molecule has 4 nitrogen and oxygen atoms in total. The van der Waals surface area contributed by atoms with Crippen molar-refractivity contribution in [3.05, 3.63) is 0 Å². The van der Waals surface area contributed by atoms with Gasteiger partial charge in [-0.25, -0.2) is 13.1 Å². The summed E-state index contributed by atoms with van der Waals surface area (Å²) in [6, 6.07) is 0. The van der Waals surface area contributed by atoms with E-state index in [-0.39, 0.29) is 11.0 Å². The van der Waals surface area contributed by atoms with Crippen molar-refractivity contribution in [2.24, 2.45) is 0 Å². The van der Waals surface area contributed by atoms with E-state index >= 15 is 0 Å². The first kappa shape index (κ1) is 31.8. The predicted octanol–water partition coefficient (Wildman–Crippen LogP) is 4.33. The van der Waals surface area contributed by atoms with Crippen LogP contribution in [0.4, 0.5) is 65.9 Å². The maximum absolute atomic E-state index is 13.7. The third kappa shape index (κ3) is 5.10. The van der Waals surface area contributed by atoms with E-state index in [2.05, 4.69) is 0 Å². The monoisotopic (exact) mass is 549 g/mol. The maximum Gasteiger partial charge on any atom is 0.460 e. The Labute approximate surface area is 176 Å². The Bertz CT molecular complexity index is 800. The molecule has 20 heteroatoms. The van der Waals surface area contributed by atoms with Crippen LogP contribution >= 0.6 is 0 Å². The van der Waals surface area contributed by atoms with Crippen molar-refractivity contribution in [1.29, 1.82) is 0 Å². The second-order valence-electron chi connectivity index (χ2n) is 7.65. The number of nitrogens with one attached hydrogen (secondary N) is 1. The summed E-state index contributed by atoms with van der Waals surface area (Å²) < 4.78 is 219. The van der Waals surface area contributed by atoms with Gasteiger partial charge in [0.25, 0.3) is 10.0 Å². The van der Waals surface area contributed by atoms with Gasteiger partial charge >= 0.3 is 41.0 Å². The minimum atomic E-state index is -8.54. The van der Waals surface area contributed by atoms with E-state index in [0.29, 0.717) is 4.72 Å². The molecule has 0 aromatic heterocycles. The van der Waals surface area contributed by atoms with Crippen LogP contribution in [0.15, 0.2) is 0 Å². The van der Waals surface area contributed by atoms with E-state index in [4.69, 9.17) is 0 Å². The fourth-order valence-electron chi connectivity index (χ4n) is 1.97. The van der Waals surface area contributed by atoms with E-state index < -0.39 is 64.0 Å². The van der Waals surface area contributed by atoms with Crippen molar-refractivity contribution in [3.8, 4) is 0 Å². The van der Waals surface area contributed by atoms with Crippen molar-refractivity contribution in [1.82, 2.24) is 4.72 Å². The smallest absolute Gasteiger partial charge is 0.331 e. The lowest BCUT2D eigenvalue weighted by molar-refractivity contribution is -0.870. The average molecular weight is 549 g/mol. The summed E-state index contributed by atoms with van der Waals surface area (Å²) in [4.78, 5) is 0. The summed E-state index contributed by atoms with van der Waals surface area (Å²) in [6.45, 7) is -1.24. The average Bonchev–Trinajstić information content (AvgIpc) is 2.55. The minimum Gasteiger partial charge on any atom is -0.331 e. The number of hydrogen-bond acceptors (Lipinski definition) is 2. The Morgan fingerprint density at radius 3 is 1.27 bits per heavy atom. The van der Waals surface area contributed by atoms with Gasteiger partial charge in [0.05, 0.1) is 27.7 Å². The highest BCUT2D eigenvalue weighted by Gasteiger charge is 2.94. The molecule has 0 rings (SSSR count). The van der Waals surface area contributed by atoms with Crippen molar-refractivity contribution in [2.75, 3.05) is 34.2 Å². The van der Waals surface area contributed by atoms with Gasteiger partial charge in [-0.05, 0) is 0 Å². The first-order valence-corrected chi connectivity index (χ1v) is 9.57. The maximum atomic E-state index is 13.7. The first-order valence-electron chi connectivity index (χ1n) is 8.09. The molecule has 0 amide bonds. The van der Waals surface area contributed by atoms with Gasteiger partial charge in [-0.2, -0.15) is 65.9 Å². The van der Waals surface area contributed by atoms with Gasteiger partial charge < -0.3 is 4.48 Å². The molecule has 0 spiro atoms. The molecule has 0 aliphatic heterocycles. The number of sulfonamides is 1. The third-order valence-corrected chi connectivity index (χ3v) is 5.45. The molecule has 0 saturated carbocycles. The molecule has 0 atom stereocenters. The second kappa shape index (κ2) is 8.49. The first-order chi connectivity index (χ1) is 14.0. The summed E-state index contributed by atoms with van der Waals surface area (Å²) in [5.74, 6) is -41.6. The Morgan fingerprint density at radius 2 is 0.939 bits per heavy atom. The molecule has 33 heavy (non-hydrogen) atoms. The molecular formula is C13H16F15N2O2S+. The van der Waals surface area contributed by atoms with Crippen molar-refractivity contribution < 1.29 is 78.8 Å². The molecule has 0 heterocycles. The van der Waals surface area contributed by atoms with E-state index in [0.717, 1.165) is 0 Å². The molecule has 0 aromatic carbocycles. The third-order valence-electron chi connectivity index (χ3n) is 3.93. The van der Waals surface area contributed by atoms with Gasteiger partial charge in [0.2, 0.25) is 0 Å². The summed E-state index contributed by atoms with van der Waals surface area (Å²) >= 11 is 0. The zero-order valence-electron chi connectivity index (χ0n) is 16.5. The normalized spacial score (nSPS) is 16.3. The molecule has 0 radical (unpaired) electrons. The predicted molar refractivity (Wildman–Crippen MR) is 80.2 cm³/mol. The largest absolute Gasteiger partial charge is 0.460 e. The van der Waals surface area contributed by atoms with Gasteiger partial charge in [0.1, 0.15) is 0 Å². The quantitative estimate of drug-likeness (QED) is 0.237. The van der Waals surface area contributed by atoms with Crippen LogP contribution in [0.1, 0.15) is 6.42 Å². The lowest BCUT2D eigenvalue weighted by Crippen LogP contribution is -2.73. The van der Waals surface area contributed by atoms with Crippen molar-refractivity contribution in [2.45, 2.75) is 47.5 Å². The highest BCUT2D eigenvalue weighted by atomic mass is 32.2. The molecule has 0 bridgehead atoms. The standard InChI is InChI=1S/C13H16F15N2O2S/c1-30(2,3)6-4-5-29-33(31,32)13(27,28)11(22,23)9(18,19)7(14,15)8(16,17)10(20,21)12(24,25)26/h29H,4-6H2,1-3H3/q+1. The molecule has 0 fully saturated rings. The number of alkyl halides is 15. The van der Waals surface area contributed by atoms with Crippen LogP contribution in [-0.4, -0.2) is 88.2 Å². The molecule has 0 aliphatic rings. The number of hydrogen-bond donors (Lipinski definition) is 1. The Kier molecular flexibility index (Phi) is 8.19. The van der Waals surface area contributed by atoms with Crippen LogP contribution < -0.4 is 4.72 Å². The zero-order chi connectivity index (χ0) is 27.3. The van der Waals surface area contributed by atoms with Crippen molar-refractivity contribution >= 4 is 10.0 Å². The van der Waals surface area contributed by atoms with Crippen LogP contribution in [0, 0.1) is 0 Å². The lowest BCUT2D eigenvalue weighted by atomic mass is 9.94. The summed E-state index contributed by atoms with van der Waals surface area (Å²) in [6.07, 6.45) is -8.17. The SMILES string of the molecule is C[N+](C)(C)CCCNS(=O)(=O)C(F)(F)C(F)(F)C(F)(F)C(F)(F)C(F)(F)C(F)(F)C(F)(F)F. The van der Waals surface area contributed by atoms with Crippen LogP contribution in [-0.2, 0) is 10.0 Å². The van der Waals surface area contributed by atoms with E-state index in [1.807, 2.05) is 0 Å². The molecule has 0 unspecified atom stereocenters. The highest BCUT2D eigenvalue weighted by Crippen LogP contribution is 2.62. The molecule has 200 valence electrons. The van der Waals surface area contributed by atoms with Gasteiger partial charge in [-0.1, -0.05) is 0 Å². The number of quaternary nitrogens is 1. The number of halogens is 15. The van der Waals surface area contributed by atoms with Crippen LogP contribution in [0.25, 0.3) is 0 Å². The Hall–Kier alpha value is -1.18. The number of nitrogens with zero attached hydrogens (tertiary/aromatic N) is 1. The molecule has 0 saturated heterocycles. The topological polar surface area (TPSA) is 46.2 Å². The van der Waals surface area contributed by atoms with E-state index in [1.165, 1.54) is 21.1 Å². The fraction of sp³-hybridized carbons (Fsp3) is 1.00. The molecular weight excluding hydrogens is 533 g/mol. The molecule has 1 N–H and O–H groups in total. The fourth-order valence-corrected chi connectivity index (χ4v) is 3.03. The highest BCUT2D eigenvalue weighted by molar-refractivity contribution is 7.90. The van der Waals surface area contributed by atoms with Gasteiger partial charge in [0.15, 0.2) is 0 Å². The summed E-state index contributed by atoms with van der Waals surface area (Å²) in [5, 5.41) is -7.38. The Balaban J connectivity index is 6.32. The minimum absolute atomic E-state index is 0.0288. The van der Waals surface area contributed by atoms with Crippen molar-refractivity contribution in [3.63, 3.8) is 0 Å². The van der Waals surface area contributed by atoms with Gasteiger partial charge in [-0.15, -0.1) is 0 Å². The van der Waals surface area contributed by atoms with Crippen LogP contribution in [0.5, 0.6) is 0 Å². The molecule has 0 aliphatic carbocycles. The van der Waals surface area contributed by atoms with Crippen LogP contribution in [0.3, 0.4) is 0 Å². The number of rotatable bonds is 11. The van der Waals surface area contributed by atoms with Gasteiger partial charge in [0, 0.05) is 13.0 Å². The van der Waals surface area contributed by atoms with E-state index in [1.54, 1.807) is 0 Å².